The van der Waals surface area contributed by atoms with E-state index in [2.05, 4.69) is 5.32 Å². The first-order valence-electron chi connectivity index (χ1n) is 12.1. The molecule has 8 heteroatoms. The number of aromatic nitrogens is 1. The number of primary amides is 1. The third kappa shape index (κ3) is 5.23. The Balaban J connectivity index is 1.46. The zero-order valence-corrected chi connectivity index (χ0v) is 19.5. The van der Waals surface area contributed by atoms with Gasteiger partial charge in [0.15, 0.2) is 6.04 Å². The van der Waals surface area contributed by atoms with Crippen LogP contribution in [0.25, 0.3) is 0 Å². The lowest BCUT2D eigenvalue weighted by molar-refractivity contribution is -0.899. The predicted molar refractivity (Wildman–Crippen MR) is 129 cm³/mol. The molecule has 3 N–H and O–H groups in total. The van der Waals surface area contributed by atoms with Crippen molar-refractivity contribution in [2.24, 2.45) is 5.73 Å². The number of nitrogens with zero attached hydrogens (tertiary/aromatic N) is 2. The number of carbonyl (C=O) groups excluding carboxylic acids is 2. The Bertz CT molecular complexity index is 1050. The van der Waals surface area contributed by atoms with Crippen LogP contribution >= 0.6 is 0 Å². The second-order valence-corrected chi connectivity index (χ2v) is 9.22. The van der Waals surface area contributed by atoms with Crippen molar-refractivity contribution < 1.29 is 18.8 Å². The topological polar surface area (TPSA) is 103 Å². The summed E-state index contributed by atoms with van der Waals surface area (Å²) in [5.74, 6) is -0.0248. The largest absolute Gasteiger partial charge is 0.489 e. The molecule has 1 aromatic heterocycles. The van der Waals surface area contributed by atoms with E-state index >= 15 is 0 Å². The Morgan fingerprint density at radius 3 is 2.59 bits per heavy atom. The van der Waals surface area contributed by atoms with Crippen LogP contribution in [0.2, 0.25) is 0 Å². The Labute approximate surface area is 200 Å². The maximum absolute atomic E-state index is 13.7. The number of rotatable bonds is 8. The van der Waals surface area contributed by atoms with Gasteiger partial charge in [-0.2, -0.15) is 0 Å². The van der Waals surface area contributed by atoms with E-state index in [1.807, 2.05) is 30.3 Å². The molecule has 3 heterocycles. The summed E-state index contributed by atoms with van der Waals surface area (Å²) in [4.78, 5) is 38.8. The summed E-state index contributed by atoms with van der Waals surface area (Å²) in [6, 6.07) is 12.5. The summed E-state index contributed by atoms with van der Waals surface area (Å²) < 4.78 is 7.32. The van der Waals surface area contributed by atoms with Gasteiger partial charge in [0, 0.05) is 51.2 Å². The molecule has 34 heavy (non-hydrogen) atoms. The molecule has 2 amide bonds. The van der Waals surface area contributed by atoms with Crippen LogP contribution in [0, 0.1) is 6.42 Å². The van der Waals surface area contributed by atoms with E-state index in [0.29, 0.717) is 25.3 Å². The molecule has 2 fully saturated rings. The fraction of sp³-hybridized carbons (Fsp3) is 0.462. The lowest BCUT2D eigenvalue weighted by Crippen LogP contribution is -2.71. The smallest absolute Gasteiger partial charge is 0.320 e. The van der Waals surface area contributed by atoms with E-state index in [-0.39, 0.29) is 28.5 Å². The summed E-state index contributed by atoms with van der Waals surface area (Å²) in [6.07, 6.45) is 7.29. The molecule has 8 nitrogen and oxygen atoms in total. The third-order valence-electron chi connectivity index (χ3n) is 7.19. The Morgan fingerprint density at radius 2 is 1.88 bits per heavy atom. The molecule has 2 aliphatic heterocycles. The molecule has 0 bridgehead atoms. The monoisotopic (exact) mass is 466 g/mol. The van der Waals surface area contributed by atoms with E-state index in [1.54, 1.807) is 18.7 Å². The number of hydrogen-bond donors (Lipinski definition) is 2. The van der Waals surface area contributed by atoms with Crippen molar-refractivity contribution in [1.82, 2.24) is 9.88 Å². The molecule has 2 aliphatic rings. The van der Waals surface area contributed by atoms with Gasteiger partial charge in [-0.25, -0.2) is 9.28 Å². The number of amides is 2. The quantitative estimate of drug-likeness (QED) is 0.577. The second kappa shape index (κ2) is 11.0. The molecule has 2 unspecified atom stereocenters. The second-order valence-electron chi connectivity index (χ2n) is 9.22. The van der Waals surface area contributed by atoms with Crippen molar-refractivity contribution in [3.8, 4) is 5.75 Å². The highest BCUT2D eigenvalue weighted by Crippen LogP contribution is 2.34. The zero-order valence-electron chi connectivity index (χ0n) is 19.5. The van der Waals surface area contributed by atoms with Crippen LogP contribution in [-0.4, -0.2) is 52.6 Å². The standard InChI is InChI=1S/C26H33N4O4/c27-26(33)23-8-4-5-17-30(23,21-9-13-28-14-10-21)25(32)12-16-29-15-11-22(18-24(29)31)34-19-20-6-2-1-3-7-20/h1-3,6-7,11-12,15,18,21,23,28H,4-5,8-10,13-14,16-17,19H2,(H-,27,33)/p+1. The minimum absolute atomic E-state index is 0.0632. The number of hydrogen-bond acceptors (Lipinski definition) is 5. The molecular weight excluding hydrogens is 432 g/mol. The number of nitrogens with two attached hydrogens (primary N) is 1. The lowest BCUT2D eigenvalue weighted by atomic mass is 9.89. The van der Waals surface area contributed by atoms with Gasteiger partial charge in [-0.05, 0) is 24.5 Å². The van der Waals surface area contributed by atoms with Crippen molar-refractivity contribution in [2.75, 3.05) is 19.6 Å². The van der Waals surface area contributed by atoms with Crippen LogP contribution in [0.5, 0.6) is 5.75 Å². The van der Waals surface area contributed by atoms with Gasteiger partial charge in [-0.1, -0.05) is 30.3 Å². The summed E-state index contributed by atoms with van der Waals surface area (Å²) in [5.41, 5.74) is 6.57. The normalized spacial score (nSPS) is 23.4. The molecule has 2 atom stereocenters. The summed E-state index contributed by atoms with van der Waals surface area (Å²) in [7, 11) is 0. The maximum atomic E-state index is 13.7. The van der Waals surface area contributed by atoms with Gasteiger partial charge in [0.25, 0.3) is 11.5 Å². The van der Waals surface area contributed by atoms with Crippen molar-refractivity contribution >= 4 is 11.8 Å². The number of carbonyl (C=O) groups is 2. The molecule has 4 rings (SSSR count). The molecule has 2 saturated heterocycles. The number of nitrogens with one attached hydrogen (secondary N) is 1. The summed E-state index contributed by atoms with van der Waals surface area (Å²) in [6.45, 7) is 2.79. The molecule has 2 aromatic rings. The number of pyridine rings is 1. The molecule has 1 radical (unpaired) electrons. The maximum Gasteiger partial charge on any atom is 0.320 e. The highest BCUT2D eigenvalue weighted by Gasteiger charge is 2.53. The Morgan fingerprint density at radius 1 is 1.12 bits per heavy atom. The van der Waals surface area contributed by atoms with Crippen LogP contribution in [0.15, 0.2) is 53.5 Å². The van der Waals surface area contributed by atoms with Crippen LogP contribution < -0.4 is 21.3 Å². The first kappa shape index (κ1) is 24.2. The summed E-state index contributed by atoms with van der Waals surface area (Å²) >= 11 is 0. The average Bonchev–Trinajstić information content (AvgIpc) is 2.87. The fourth-order valence-corrected chi connectivity index (χ4v) is 5.43. The van der Waals surface area contributed by atoms with Gasteiger partial charge in [0.2, 0.25) is 0 Å². The highest BCUT2D eigenvalue weighted by atomic mass is 16.5. The van der Waals surface area contributed by atoms with Gasteiger partial charge in [0.1, 0.15) is 18.8 Å². The first-order valence-corrected chi connectivity index (χ1v) is 12.1. The number of likely N-dealkylation sites (tertiary alicyclic amines) is 1. The van der Waals surface area contributed by atoms with Gasteiger partial charge >= 0.3 is 5.91 Å². The predicted octanol–water partition coefficient (Wildman–Crippen LogP) is 1.76. The Hall–Kier alpha value is -2.97. The number of benzene rings is 1. The lowest BCUT2D eigenvalue weighted by Gasteiger charge is -2.50. The minimum atomic E-state index is -0.508. The molecule has 0 spiro atoms. The van der Waals surface area contributed by atoms with Crippen LogP contribution in [0.4, 0.5) is 0 Å². The molecule has 0 saturated carbocycles. The molecule has 1 aromatic carbocycles. The van der Waals surface area contributed by atoms with Gasteiger partial charge in [-0.15, -0.1) is 0 Å². The fourth-order valence-electron chi connectivity index (χ4n) is 5.43. The van der Waals surface area contributed by atoms with Gasteiger partial charge in [0.05, 0.1) is 12.6 Å². The Kier molecular flexibility index (Phi) is 7.80. The average molecular weight is 467 g/mol. The molecule has 181 valence electrons. The van der Waals surface area contributed by atoms with Crippen LogP contribution in [0.3, 0.4) is 0 Å². The minimum Gasteiger partial charge on any atom is -0.489 e. The number of piperidine rings is 2. The van der Waals surface area contributed by atoms with E-state index in [9.17, 15) is 14.4 Å². The van der Waals surface area contributed by atoms with E-state index in [1.165, 1.54) is 10.6 Å². The number of ether oxygens (including phenoxy) is 1. The highest BCUT2D eigenvalue weighted by molar-refractivity contribution is 5.85. The van der Waals surface area contributed by atoms with E-state index in [4.69, 9.17) is 10.5 Å². The van der Waals surface area contributed by atoms with E-state index in [0.717, 1.165) is 44.3 Å². The first-order chi connectivity index (χ1) is 16.5. The van der Waals surface area contributed by atoms with Crippen molar-refractivity contribution in [2.45, 2.75) is 57.3 Å². The van der Waals surface area contributed by atoms with Crippen LogP contribution in [-0.2, 0) is 22.7 Å². The van der Waals surface area contributed by atoms with Crippen LogP contribution in [0.1, 0.15) is 37.7 Å². The third-order valence-corrected chi connectivity index (χ3v) is 7.19. The van der Waals surface area contributed by atoms with Gasteiger partial charge < -0.3 is 20.4 Å². The van der Waals surface area contributed by atoms with Crippen molar-refractivity contribution in [1.29, 1.82) is 0 Å². The van der Waals surface area contributed by atoms with Crippen molar-refractivity contribution in [3.63, 3.8) is 0 Å². The zero-order chi connectivity index (χ0) is 24.0. The number of quaternary nitrogens is 1. The molecular formula is C26H34N4O4+. The van der Waals surface area contributed by atoms with Gasteiger partial charge in [-0.3, -0.25) is 9.59 Å². The van der Waals surface area contributed by atoms with Crippen molar-refractivity contribution in [3.05, 3.63) is 71.0 Å². The van der Waals surface area contributed by atoms with E-state index < -0.39 is 11.9 Å². The summed E-state index contributed by atoms with van der Waals surface area (Å²) in [5, 5.41) is 3.34. The SMILES string of the molecule is NC(=O)C1CCCC[N+]1(C(=O)[CH]Cn1ccc(OCc2ccccc2)cc1=O)C1CCNCC1. The molecule has 0 aliphatic carbocycles.